The summed E-state index contributed by atoms with van der Waals surface area (Å²) in [5.74, 6) is 0.0922. The van der Waals surface area contributed by atoms with Crippen LogP contribution in [0, 0.1) is 13.8 Å². The van der Waals surface area contributed by atoms with Crippen LogP contribution in [0.3, 0.4) is 0 Å². The number of para-hydroxylation sites is 2. The molecule has 3 rings (SSSR count). The third-order valence-electron chi connectivity index (χ3n) is 4.17. The normalized spacial score (nSPS) is 14.5. The van der Waals surface area contributed by atoms with Crippen LogP contribution >= 0.6 is 0 Å². The first-order chi connectivity index (χ1) is 10.6. The maximum atomic E-state index is 13.0. The average Bonchev–Trinajstić information content (AvgIpc) is 2.65. The van der Waals surface area contributed by atoms with Crippen molar-refractivity contribution in [2.24, 2.45) is 0 Å². The van der Waals surface area contributed by atoms with Crippen LogP contribution in [0.5, 0.6) is 0 Å². The highest BCUT2D eigenvalue weighted by Crippen LogP contribution is 2.32. The fourth-order valence-corrected chi connectivity index (χ4v) is 3.19. The quantitative estimate of drug-likeness (QED) is 0.799. The predicted octanol–water partition coefficient (Wildman–Crippen LogP) is 3.79. The first-order valence-corrected chi connectivity index (χ1v) is 7.76. The predicted molar refractivity (Wildman–Crippen MR) is 91.9 cm³/mol. The molecule has 0 unspecified atom stereocenters. The number of hydrogen-bond acceptors (Lipinski definition) is 2. The molecule has 1 aliphatic heterocycles. The maximum absolute atomic E-state index is 13.0. The number of nitrogens with zero attached hydrogens (tertiary/aromatic N) is 2. The van der Waals surface area contributed by atoms with Gasteiger partial charge in [0, 0.05) is 25.7 Å². The van der Waals surface area contributed by atoms with E-state index in [4.69, 9.17) is 0 Å². The van der Waals surface area contributed by atoms with Crippen LogP contribution < -0.4 is 9.80 Å². The first kappa shape index (κ1) is 14.6. The molecule has 114 valence electrons. The van der Waals surface area contributed by atoms with E-state index in [-0.39, 0.29) is 5.91 Å². The molecule has 0 bridgehead atoms. The number of carbonyl (C=O) groups is 1. The van der Waals surface area contributed by atoms with Crippen LogP contribution in [-0.2, 0) is 0 Å². The number of hydrogen-bond donors (Lipinski definition) is 0. The van der Waals surface area contributed by atoms with Gasteiger partial charge in [-0.3, -0.25) is 4.79 Å². The second kappa shape index (κ2) is 5.84. The third kappa shape index (κ3) is 2.71. The SMILES string of the molecule is Cc1cc(C)cc(C(=O)N2CCCN(C)c3ccccc32)c1. The van der Waals surface area contributed by atoms with E-state index in [1.54, 1.807) is 0 Å². The zero-order valence-corrected chi connectivity index (χ0v) is 13.5. The Morgan fingerprint density at radius 3 is 2.27 bits per heavy atom. The fourth-order valence-electron chi connectivity index (χ4n) is 3.19. The van der Waals surface area contributed by atoms with Crippen molar-refractivity contribution in [1.29, 1.82) is 0 Å². The zero-order chi connectivity index (χ0) is 15.7. The molecule has 0 aliphatic carbocycles. The van der Waals surface area contributed by atoms with Crippen molar-refractivity contribution in [2.75, 3.05) is 29.9 Å². The average molecular weight is 294 g/mol. The van der Waals surface area contributed by atoms with Gasteiger partial charge in [-0.2, -0.15) is 0 Å². The Balaban J connectivity index is 2.03. The van der Waals surface area contributed by atoms with Gasteiger partial charge in [0.05, 0.1) is 11.4 Å². The number of amides is 1. The third-order valence-corrected chi connectivity index (χ3v) is 4.17. The van der Waals surface area contributed by atoms with Gasteiger partial charge in [-0.25, -0.2) is 0 Å². The van der Waals surface area contributed by atoms with Crippen molar-refractivity contribution < 1.29 is 4.79 Å². The lowest BCUT2D eigenvalue weighted by Gasteiger charge is -2.24. The molecule has 22 heavy (non-hydrogen) atoms. The highest BCUT2D eigenvalue weighted by Gasteiger charge is 2.24. The minimum Gasteiger partial charge on any atom is -0.373 e. The lowest BCUT2D eigenvalue weighted by Crippen LogP contribution is -2.31. The second-order valence-electron chi connectivity index (χ2n) is 6.10. The molecule has 0 atom stereocenters. The van der Waals surface area contributed by atoms with E-state index < -0.39 is 0 Å². The first-order valence-electron chi connectivity index (χ1n) is 7.76. The van der Waals surface area contributed by atoms with Crippen LogP contribution in [0.2, 0.25) is 0 Å². The number of anilines is 2. The highest BCUT2D eigenvalue weighted by atomic mass is 16.2. The molecule has 3 nitrogen and oxygen atoms in total. The van der Waals surface area contributed by atoms with Gasteiger partial charge in [0.1, 0.15) is 0 Å². The minimum atomic E-state index is 0.0922. The number of benzene rings is 2. The lowest BCUT2D eigenvalue weighted by molar-refractivity contribution is 0.0987. The molecule has 2 aromatic rings. The van der Waals surface area contributed by atoms with Gasteiger partial charge in [0.15, 0.2) is 0 Å². The van der Waals surface area contributed by atoms with E-state index in [1.807, 2.05) is 49.1 Å². The molecular weight excluding hydrogens is 272 g/mol. The van der Waals surface area contributed by atoms with Gasteiger partial charge in [-0.15, -0.1) is 0 Å². The number of carbonyl (C=O) groups excluding carboxylic acids is 1. The van der Waals surface area contributed by atoms with Crippen LogP contribution in [-0.4, -0.2) is 26.0 Å². The monoisotopic (exact) mass is 294 g/mol. The summed E-state index contributed by atoms with van der Waals surface area (Å²) in [7, 11) is 2.09. The molecule has 0 fully saturated rings. The van der Waals surface area contributed by atoms with Gasteiger partial charge in [0.2, 0.25) is 0 Å². The van der Waals surface area contributed by atoms with Crippen molar-refractivity contribution in [3.8, 4) is 0 Å². The number of fused-ring (bicyclic) bond motifs is 1. The molecule has 0 spiro atoms. The summed E-state index contributed by atoms with van der Waals surface area (Å²) in [6, 6.07) is 14.2. The molecule has 1 heterocycles. The largest absolute Gasteiger partial charge is 0.373 e. The smallest absolute Gasteiger partial charge is 0.258 e. The molecule has 0 saturated heterocycles. The highest BCUT2D eigenvalue weighted by molar-refractivity contribution is 6.08. The molecule has 0 radical (unpaired) electrons. The van der Waals surface area contributed by atoms with E-state index in [0.717, 1.165) is 47.6 Å². The Hall–Kier alpha value is -2.29. The Morgan fingerprint density at radius 1 is 0.955 bits per heavy atom. The van der Waals surface area contributed by atoms with Gasteiger partial charge in [0.25, 0.3) is 5.91 Å². The molecule has 0 aromatic heterocycles. The Morgan fingerprint density at radius 2 is 1.59 bits per heavy atom. The summed E-state index contributed by atoms with van der Waals surface area (Å²) in [5.41, 5.74) is 5.16. The Kier molecular flexibility index (Phi) is 3.88. The minimum absolute atomic E-state index is 0.0922. The molecule has 0 N–H and O–H groups in total. The summed E-state index contributed by atoms with van der Waals surface area (Å²) < 4.78 is 0. The number of aryl methyl sites for hydroxylation is 2. The van der Waals surface area contributed by atoms with Crippen molar-refractivity contribution in [3.05, 3.63) is 59.2 Å². The molecule has 1 amide bonds. The lowest BCUT2D eigenvalue weighted by atomic mass is 10.1. The van der Waals surface area contributed by atoms with E-state index in [9.17, 15) is 4.79 Å². The van der Waals surface area contributed by atoms with E-state index in [1.165, 1.54) is 0 Å². The Labute approximate surface area is 132 Å². The summed E-state index contributed by atoms with van der Waals surface area (Å²) in [6.45, 7) is 5.79. The number of rotatable bonds is 1. The molecule has 0 saturated carbocycles. The van der Waals surface area contributed by atoms with Crippen LogP contribution in [0.15, 0.2) is 42.5 Å². The van der Waals surface area contributed by atoms with E-state index in [2.05, 4.69) is 24.1 Å². The standard InChI is InChI=1S/C19H22N2O/c1-14-11-15(2)13-16(12-14)19(22)21-10-6-9-20(3)17-7-4-5-8-18(17)21/h4-5,7-8,11-13H,6,9-10H2,1-3H3. The van der Waals surface area contributed by atoms with E-state index >= 15 is 0 Å². The molecule has 3 heteroatoms. The molecular formula is C19H22N2O. The topological polar surface area (TPSA) is 23.6 Å². The summed E-state index contributed by atoms with van der Waals surface area (Å²) in [4.78, 5) is 17.2. The van der Waals surface area contributed by atoms with Gasteiger partial charge >= 0.3 is 0 Å². The zero-order valence-electron chi connectivity index (χ0n) is 13.5. The van der Waals surface area contributed by atoms with Crippen molar-refractivity contribution in [2.45, 2.75) is 20.3 Å². The summed E-state index contributed by atoms with van der Waals surface area (Å²) in [6.07, 6.45) is 0.974. The van der Waals surface area contributed by atoms with Crippen LogP contribution in [0.1, 0.15) is 27.9 Å². The fraction of sp³-hybridized carbons (Fsp3) is 0.316. The van der Waals surface area contributed by atoms with Crippen molar-refractivity contribution >= 4 is 17.3 Å². The van der Waals surface area contributed by atoms with E-state index in [0.29, 0.717) is 0 Å². The van der Waals surface area contributed by atoms with Crippen molar-refractivity contribution in [3.63, 3.8) is 0 Å². The second-order valence-corrected chi connectivity index (χ2v) is 6.10. The van der Waals surface area contributed by atoms with Gasteiger partial charge in [-0.05, 0) is 44.5 Å². The van der Waals surface area contributed by atoms with Gasteiger partial charge in [-0.1, -0.05) is 29.3 Å². The Bertz CT molecular complexity index is 688. The van der Waals surface area contributed by atoms with Crippen LogP contribution in [0.4, 0.5) is 11.4 Å². The summed E-state index contributed by atoms with van der Waals surface area (Å²) in [5, 5.41) is 0. The molecule has 1 aliphatic rings. The summed E-state index contributed by atoms with van der Waals surface area (Å²) >= 11 is 0. The van der Waals surface area contributed by atoms with Gasteiger partial charge < -0.3 is 9.80 Å². The maximum Gasteiger partial charge on any atom is 0.258 e. The molecule has 2 aromatic carbocycles. The van der Waals surface area contributed by atoms with Crippen molar-refractivity contribution in [1.82, 2.24) is 0 Å². The van der Waals surface area contributed by atoms with Crippen LogP contribution in [0.25, 0.3) is 0 Å².